The predicted molar refractivity (Wildman–Crippen MR) is 132 cm³/mol. The second-order valence-electron chi connectivity index (χ2n) is 7.75. The highest BCUT2D eigenvalue weighted by molar-refractivity contribution is 7.45. The van der Waals surface area contributed by atoms with Crippen LogP contribution < -0.4 is 18.1 Å². The molecule has 5 rings (SSSR count). The molecule has 0 saturated carbocycles. The van der Waals surface area contributed by atoms with Crippen molar-refractivity contribution in [1.82, 2.24) is 9.34 Å². The van der Waals surface area contributed by atoms with Gasteiger partial charge >= 0.3 is 17.1 Å². The van der Waals surface area contributed by atoms with E-state index in [-0.39, 0.29) is 0 Å². The van der Waals surface area contributed by atoms with Crippen LogP contribution in [0.5, 0.6) is 23.0 Å². The Balaban J connectivity index is 1.73. The molecule has 0 aliphatic carbocycles. The summed E-state index contributed by atoms with van der Waals surface area (Å²) in [6.07, 6.45) is 0. The lowest BCUT2D eigenvalue weighted by atomic mass is 10.1. The first-order valence-electron chi connectivity index (χ1n) is 10.2. The van der Waals surface area contributed by atoms with Gasteiger partial charge in [0.25, 0.3) is 0 Å². The van der Waals surface area contributed by atoms with Crippen molar-refractivity contribution in [3.63, 3.8) is 0 Å². The summed E-state index contributed by atoms with van der Waals surface area (Å²) in [6, 6.07) is 23.9. The van der Waals surface area contributed by atoms with Crippen LogP contribution >= 0.6 is 17.1 Å². The number of rotatable bonds is 2. The fourth-order valence-electron chi connectivity index (χ4n) is 3.52. The summed E-state index contributed by atoms with van der Waals surface area (Å²) in [6.45, 7) is 0. The molecule has 0 radical (unpaired) electrons. The summed E-state index contributed by atoms with van der Waals surface area (Å²) >= 11 is 0. The van der Waals surface area contributed by atoms with Gasteiger partial charge in [0.2, 0.25) is 0 Å². The molecule has 1 aliphatic heterocycles. The van der Waals surface area contributed by atoms with Crippen LogP contribution in [0.1, 0.15) is 0 Å². The highest BCUT2D eigenvalue weighted by atomic mass is 31.2. The van der Waals surface area contributed by atoms with Crippen molar-refractivity contribution in [2.75, 3.05) is 28.2 Å². The largest absolute Gasteiger partial charge is 0.426 e. The third kappa shape index (κ3) is 3.96. The maximum atomic E-state index is 6.44. The minimum absolute atomic E-state index is 0.751. The van der Waals surface area contributed by atoms with Crippen molar-refractivity contribution in [2.45, 2.75) is 0 Å². The first kappa shape index (κ1) is 21.2. The van der Waals surface area contributed by atoms with Gasteiger partial charge in [0, 0.05) is 21.5 Å². The van der Waals surface area contributed by atoms with E-state index in [9.17, 15) is 0 Å². The molecule has 4 aromatic carbocycles. The molecule has 0 amide bonds. The van der Waals surface area contributed by atoms with E-state index >= 15 is 0 Å². The molecule has 0 saturated heterocycles. The van der Waals surface area contributed by atoms with Crippen molar-refractivity contribution < 1.29 is 18.1 Å². The number of nitrogens with zero attached hydrogens (tertiary/aromatic N) is 2. The van der Waals surface area contributed by atoms with Crippen LogP contribution in [0.3, 0.4) is 0 Å². The fourth-order valence-corrected chi connectivity index (χ4v) is 5.56. The second kappa shape index (κ2) is 8.73. The first-order valence-corrected chi connectivity index (χ1v) is 12.5. The lowest BCUT2D eigenvalue weighted by molar-refractivity contribution is 0.419. The van der Waals surface area contributed by atoms with Crippen molar-refractivity contribution in [3.05, 3.63) is 72.8 Å². The Morgan fingerprint density at radius 3 is 0.906 bits per heavy atom. The summed E-state index contributed by atoms with van der Waals surface area (Å²) in [4.78, 5) is 0. The van der Waals surface area contributed by atoms with Gasteiger partial charge < -0.3 is 18.1 Å². The van der Waals surface area contributed by atoms with Crippen molar-refractivity contribution >= 4 is 38.6 Å². The maximum absolute atomic E-state index is 6.44. The van der Waals surface area contributed by atoms with Crippen molar-refractivity contribution in [3.8, 4) is 23.0 Å². The molecular formula is C24H24N2O4P2. The quantitative estimate of drug-likeness (QED) is 0.303. The topological polar surface area (TPSA) is 43.4 Å². The molecule has 8 bridgehead atoms. The molecule has 32 heavy (non-hydrogen) atoms. The molecule has 6 nitrogen and oxygen atoms in total. The monoisotopic (exact) mass is 466 g/mol. The summed E-state index contributed by atoms with van der Waals surface area (Å²) in [5, 5.41) is 3.85. The van der Waals surface area contributed by atoms with Gasteiger partial charge in [-0.2, -0.15) is 0 Å². The van der Waals surface area contributed by atoms with Gasteiger partial charge in [0.1, 0.15) is 23.0 Å². The highest BCUT2D eigenvalue weighted by Crippen LogP contribution is 2.50. The molecule has 0 aromatic heterocycles. The maximum Gasteiger partial charge on any atom is 0.384 e. The molecule has 0 spiro atoms. The zero-order valence-corrected chi connectivity index (χ0v) is 20.1. The lowest BCUT2D eigenvalue weighted by Crippen LogP contribution is -2.14. The molecule has 0 N–H and O–H groups in total. The Kier molecular flexibility index (Phi) is 5.79. The van der Waals surface area contributed by atoms with Gasteiger partial charge in [0.05, 0.1) is 0 Å². The zero-order chi connectivity index (χ0) is 22.2. The average molecular weight is 466 g/mol. The van der Waals surface area contributed by atoms with Crippen LogP contribution in [0.4, 0.5) is 0 Å². The normalized spacial score (nSPS) is 18.3. The average Bonchev–Trinajstić information content (AvgIpc) is 2.78. The SMILES string of the molecule is CN(C)P1Oc2cccc3c(cccc23)OP(N(C)C)Oc2cccc3c(cccc23)O1. The molecule has 0 atom stereocenters. The summed E-state index contributed by atoms with van der Waals surface area (Å²) < 4.78 is 29.7. The van der Waals surface area contributed by atoms with Gasteiger partial charge in [0.15, 0.2) is 0 Å². The molecule has 0 unspecified atom stereocenters. The molecule has 1 heterocycles. The first-order chi connectivity index (χ1) is 15.5. The number of hydrogen-bond acceptors (Lipinski definition) is 6. The van der Waals surface area contributed by atoms with Gasteiger partial charge in [-0.3, -0.25) is 0 Å². The van der Waals surface area contributed by atoms with E-state index in [0.717, 1.165) is 44.5 Å². The van der Waals surface area contributed by atoms with Crippen LogP contribution in [0.25, 0.3) is 21.5 Å². The van der Waals surface area contributed by atoms with E-state index in [1.165, 1.54) is 0 Å². The molecule has 0 fully saturated rings. The van der Waals surface area contributed by atoms with E-state index in [2.05, 4.69) is 0 Å². The lowest BCUT2D eigenvalue weighted by Gasteiger charge is -2.27. The fraction of sp³-hybridized carbons (Fsp3) is 0.167. The molecular weight excluding hydrogens is 442 g/mol. The van der Waals surface area contributed by atoms with Crippen molar-refractivity contribution in [2.24, 2.45) is 0 Å². The second-order valence-corrected chi connectivity index (χ2v) is 11.0. The summed E-state index contributed by atoms with van der Waals surface area (Å²) in [5.74, 6) is 3.00. The molecule has 1 aliphatic rings. The van der Waals surface area contributed by atoms with Crippen LogP contribution in [-0.4, -0.2) is 37.5 Å². The number of hydrogen-bond donors (Lipinski definition) is 0. The predicted octanol–water partition coefficient (Wildman–Crippen LogP) is 6.80. The van der Waals surface area contributed by atoms with E-state index < -0.39 is 17.1 Å². The number of benzene rings is 4. The summed E-state index contributed by atoms with van der Waals surface area (Å²) in [7, 11) is 5.04. The third-order valence-corrected chi connectivity index (χ3v) is 7.76. The third-order valence-electron chi connectivity index (χ3n) is 5.04. The van der Waals surface area contributed by atoms with Crippen molar-refractivity contribution in [1.29, 1.82) is 0 Å². The Labute approximate surface area is 190 Å². The smallest absolute Gasteiger partial charge is 0.384 e. The minimum Gasteiger partial charge on any atom is -0.426 e. The van der Waals surface area contributed by atoms with Crippen LogP contribution in [0.2, 0.25) is 0 Å². The van der Waals surface area contributed by atoms with E-state index in [0.29, 0.717) is 0 Å². The van der Waals surface area contributed by atoms with E-state index in [4.69, 9.17) is 18.1 Å². The highest BCUT2D eigenvalue weighted by Gasteiger charge is 2.25. The molecule has 164 valence electrons. The van der Waals surface area contributed by atoms with Gasteiger partial charge in [-0.05, 0) is 52.5 Å². The van der Waals surface area contributed by atoms with E-state index in [1.807, 2.05) is 110 Å². The Morgan fingerprint density at radius 2 is 0.688 bits per heavy atom. The summed E-state index contributed by atoms with van der Waals surface area (Å²) in [5.41, 5.74) is 0. The van der Waals surface area contributed by atoms with Gasteiger partial charge in [-0.15, -0.1) is 0 Å². The molecule has 8 heteroatoms. The zero-order valence-electron chi connectivity index (χ0n) is 18.4. The van der Waals surface area contributed by atoms with Gasteiger partial charge in [-0.25, -0.2) is 9.34 Å². The Morgan fingerprint density at radius 1 is 0.438 bits per heavy atom. The van der Waals surface area contributed by atoms with Gasteiger partial charge in [-0.1, -0.05) is 48.5 Å². The Hall–Kier alpha value is -2.62. The molecule has 4 aromatic rings. The van der Waals surface area contributed by atoms with Crippen LogP contribution in [0, 0.1) is 0 Å². The van der Waals surface area contributed by atoms with Crippen LogP contribution in [0.15, 0.2) is 72.8 Å². The van der Waals surface area contributed by atoms with Crippen LogP contribution in [-0.2, 0) is 0 Å². The van der Waals surface area contributed by atoms with E-state index in [1.54, 1.807) is 0 Å². The standard InChI is InChI=1S/C24H24N2O4P2/c1-25(2)31-27-21-13-5-11-19-17(21)9-7-15-23(19)29-32(26(3)4)30-24-16-8-10-18-20(24)12-6-14-22(18)28-31/h5-16H,1-4H3. The Bertz CT molecular complexity index is 1090. The minimum atomic E-state index is -1.40.